The van der Waals surface area contributed by atoms with Crippen LogP contribution in [0.1, 0.15) is 0 Å². The summed E-state index contributed by atoms with van der Waals surface area (Å²) in [6.07, 6.45) is 5.61. The molecule has 2 heterocycles. The fourth-order valence-electron chi connectivity index (χ4n) is 2.68. The summed E-state index contributed by atoms with van der Waals surface area (Å²) >= 11 is 0. The van der Waals surface area contributed by atoms with Crippen molar-refractivity contribution in [2.75, 3.05) is 0 Å². The summed E-state index contributed by atoms with van der Waals surface area (Å²) in [5.41, 5.74) is 5.69. The Bertz CT molecular complexity index is 1020. The van der Waals surface area contributed by atoms with Crippen molar-refractivity contribution in [2.45, 2.75) is 6.54 Å². The molecule has 0 fully saturated rings. The highest BCUT2D eigenvalue weighted by Gasteiger charge is 2.06. The van der Waals surface area contributed by atoms with Crippen LogP contribution in [0.5, 0.6) is 0 Å². The maximum atomic E-state index is 4.71. The van der Waals surface area contributed by atoms with Gasteiger partial charge in [0.25, 0.3) is 0 Å². The first-order valence-corrected chi connectivity index (χ1v) is 7.80. The van der Waals surface area contributed by atoms with Gasteiger partial charge in [-0.2, -0.15) is 5.10 Å². The molecule has 0 radical (unpaired) electrons. The number of allylic oxidation sites excluding steroid dienone is 1. The highest BCUT2D eigenvalue weighted by atomic mass is 15.3. The highest BCUT2D eigenvalue weighted by Crippen LogP contribution is 2.25. The van der Waals surface area contributed by atoms with Gasteiger partial charge in [-0.05, 0) is 24.3 Å². The van der Waals surface area contributed by atoms with E-state index in [1.165, 1.54) is 0 Å². The zero-order valence-corrected chi connectivity index (χ0v) is 13.1. The minimum Gasteiger partial charge on any atom is -0.268 e. The van der Waals surface area contributed by atoms with E-state index in [1.807, 2.05) is 65.6 Å². The Hall–Kier alpha value is -3.27. The number of nitrogens with zero attached hydrogens (tertiary/aromatic N) is 4. The van der Waals surface area contributed by atoms with E-state index in [4.69, 9.17) is 4.98 Å². The topological polar surface area (TPSA) is 43.6 Å². The second-order valence-corrected chi connectivity index (χ2v) is 5.54. The second-order valence-electron chi connectivity index (χ2n) is 5.54. The van der Waals surface area contributed by atoms with Gasteiger partial charge in [-0.3, -0.25) is 9.67 Å². The van der Waals surface area contributed by atoms with E-state index in [2.05, 4.69) is 28.8 Å². The van der Waals surface area contributed by atoms with Gasteiger partial charge in [0.15, 0.2) is 0 Å². The number of aromatic nitrogens is 4. The van der Waals surface area contributed by atoms with E-state index in [0.717, 1.165) is 33.5 Å². The number of rotatable bonds is 4. The molecular formula is C20H16N4. The molecule has 0 aliphatic carbocycles. The Balaban J connectivity index is 1.73. The van der Waals surface area contributed by atoms with Gasteiger partial charge in [0.2, 0.25) is 0 Å². The number of benzene rings is 2. The van der Waals surface area contributed by atoms with Gasteiger partial charge >= 0.3 is 0 Å². The van der Waals surface area contributed by atoms with Gasteiger partial charge < -0.3 is 0 Å². The molecule has 0 amide bonds. The van der Waals surface area contributed by atoms with Gasteiger partial charge in [0, 0.05) is 17.3 Å². The molecule has 0 saturated carbocycles. The standard InChI is InChI=1S/C20H16N4/c1-2-11-24-12-10-17(23-24)15-6-5-7-16(13-15)20-14-21-18-8-3-4-9-19(18)22-20/h2-10,12-14H,1,11H2. The van der Waals surface area contributed by atoms with Crippen molar-refractivity contribution >= 4 is 11.0 Å². The van der Waals surface area contributed by atoms with Crippen molar-refractivity contribution in [1.82, 2.24) is 19.7 Å². The Kier molecular flexibility index (Phi) is 3.63. The molecule has 0 aliphatic rings. The van der Waals surface area contributed by atoms with Crippen molar-refractivity contribution < 1.29 is 0 Å². The van der Waals surface area contributed by atoms with Gasteiger partial charge in [-0.1, -0.05) is 36.4 Å². The molecule has 0 unspecified atom stereocenters. The second kappa shape index (κ2) is 6.08. The number of fused-ring (bicyclic) bond motifs is 1. The van der Waals surface area contributed by atoms with E-state index in [-0.39, 0.29) is 0 Å². The van der Waals surface area contributed by atoms with E-state index in [0.29, 0.717) is 6.54 Å². The lowest BCUT2D eigenvalue weighted by atomic mass is 10.1. The minimum absolute atomic E-state index is 0.704. The van der Waals surface area contributed by atoms with Crippen molar-refractivity contribution in [3.8, 4) is 22.5 Å². The number of hydrogen-bond donors (Lipinski definition) is 0. The van der Waals surface area contributed by atoms with Crippen LogP contribution in [0.4, 0.5) is 0 Å². The quantitative estimate of drug-likeness (QED) is 0.526. The van der Waals surface area contributed by atoms with Crippen LogP contribution in [-0.2, 0) is 6.54 Å². The molecule has 4 nitrogen and oxygen atoms in total. The van der Waals surface area contributed by atoms with E-state index >= 15 is 0 Å². The predicted octanol–water partition coefficient (Wildman–Crippen LogP) is 4.35. The van der Waals surface area contributed by atoms with Gasteiger partial charge in [0.05, 0.1) is 35.2 Å². The molecule has 2 aromatic carbocycles. The third-order valence-electron chi connectivity index (χ3n) is 3.86. The third kappa shape index (κ3) is 2.70. The molecule has 4 heteroatoms. The zero-order valence-electron chi connectivity index (χ0n) is 13.1. The van der Waals surface area contributed by atoms with Crippen LogP contribution in [0.25, 0.3) is 33.5 Å². The Labute approximate surface area is 140 Å². The molecule has 0 bridgehead atoms. The summed E-state index contributed by atoms with van der Waals surface area (Å²) in [7, 11) is 0. The third-order valence-corrected chi connectivity index (χ3v) is 3.86. The molecule has 4 aromatic rings. The van der Waals surface area contributed by atoms with Crippen molar-refractivity contribution in [2.24, 2.45) is 0 Å². The monoisotopic (exact) mass is 312 g/mol. The smallest absolute Gasteiger partial charge is 0.0923 e. The molecule has 2 aromatic heterocycles. The average Bonchev–Trinajstić information content (AvgIpc) is 3.10. The lowest BCUT2D eigenvalue weighted by Gasteiger charge is -2.04. The molecule has 4 rings (SSSR count). The first kappa shape index (κ1) is 14.3. The first-order valence-electron chi connectivity index (χ1n) is 7.80. The van der Waals surface area contributed by atoms with Gasteiger partial charge in [0.1, 0.15) is 0 Å². The Morgan fingerprint density at radius 3 is 2.54 bits per heavy atom. The lowest BCUT2D eigenvalue weighted by Crippen LogP contribution is -1.95. The van der Waals surface area contributed by atoms with E-state index < -0.39 is 0 Å². The molecule has 0 spiro atoms. The Morgan fingerprint density at radius 1 is 0.917 bits per heavy atom. The summed E-state index contributed by atoms with van der Waals surface area (Å²) in [4.78, 5) is 9.21. The Morgan fingerprint density at radius 2 is 1.71 bits per heavy atom. The largest absolute Gasteiger partial charge is 0.268 e. The molecule has 0 N–H and O–H groups in total. The molecule has 0 saturated heterocycles. The fraction of sp³-hybridized carbons (Fsp3) is 0.0500. The summed E-state index contributed by atoms with van der Waals surface area (Å²) in [6.45, 7) is 4.44. The van der Waals surface area contributed by atoms with E-state index in [1.54, 1.807) is 0 Å². The molecule has 0 aliphatic heterocycles. The van der Waals surface area contributed by atoms with Crippen LogP contribution < -0.4 is 0 Å². The minimum atomic E-state index is 0.704. The first-order chi connectivity index (χ1) is 11.8. The van der Waals surface area contributed by atoms with E-state index in [9.17, 15) is 0 Å². The lowest BCUT2D eigenvalue weighted by molar-refractivity contribution is 0.705. The zero-order chi connectivity index (χ0) is 16.4. The fourth-order valence-corrected chi connectivity index (χ4v) is 2.68. The van der Waals surface area contributed by atoms with Crippen LogP contribution in [0.2, 0.25) is 0 Å². The van der Waals surface area contributed by atoms with Crippen LogP contribution >= 0.6 is 0 Å². The molecular weight excluding hydrogens is 296 g/mol. The summed E-state index contributed by atoms with van der Waals surface area (Å²) in [5.74, 6) is 0. The summed E-state index contributed by atoms with van der Waals surface area (Å²) in [5, 5.41) is 4.56. The van der Waals surface area contributed by atoms with Crippen LogP contribution in [-0.4, -0.2) is 19.7 Å². The summed E-state index contributed by atoms with van der Waals surface area (Å²) in [6, 6.07) is 18.1. The van der Waals surface area contributed by atoms with Crippen LogP contribution in [0, 0.1) is 0 Å². The van der Waals surface area contributed by atoms with Gasteiger partial charge in [-0.25, -0.2) is 4.98 Å². The maximum Gasteiger partial charge on any atom is 0.0923 e. The van der Waals surface area contributed by atoms with Crippen molar-refractivity contribution in [3.63, 3.8) is 0 Å². The van der Waals surface area contributed by atoms with Gasteiger partial charge in [-0.15, -0.1) is 6.58 Å². The van der Waals surface area contributed by atoms with Crippen molar-refractivity contribution in [3.05, 3.63) is 79.6 Å². The predicted molar refractivity (Wildman–Crippen MR) is 96.4 cm³/mol. The SMILES string of the molecule is C=CCn1ccc(-c2cccc(-c3cnc4ccccc4n3)c2)n1. The number of hydrogen-bond acceptors (Lipinski definition) is 3. The molecule has 0 atom stereocenters. The van der Waals surface area contributed by atoms with Crippen molar-refractivity contribution in [1.29, 1.82) is 0 Å². The number of para-hydroxylation sites is 2. The highest BCUT2D eigenvalue weighted by molar-refractivity contribution is 5.78. The van der Waals surface area contributed by atoms with Crippen LogP contribution in [0.15, 0.2) is 79.6 Å². The molecule has 116 valence electrons. The summed E-state index contributed by atoms with van der Waals surface area (Å²) < 4.78 is 1.87. The van der Waals surface area contributed by atoms with Crippen LogP contribution in [0.3, 0.4) is 0 Å². The normalized spacial score (nSPS) is 10.8. The molecule has 24 heavy (non-hydrogen) atoms. The average molecular weight is 312 g/mol. The maximum absolute atomic E-state index is 4.71.